The number of nitriles is 1. The maximum absolute atomic E-state index is 11.8. The van der Waals surface area contributed by atoms with Gasteiger partial charge in [0.2, 0.25) is 5.91 Å². The van der Waals surface area contributed by atoms with Gasteiger partial charge < -0.3 is 5.32 Å². The van der Waals surface area contributed by atoms with Gasteiger partial charge in [-0.05, 0) is 19.3 Å². The smallest absolute Gasteiger partial charge is 0.244 e. The minimum atomic E-state index is -0.824. The van der Waals surface area contributed by atoms with Crippen LogP contribution < -0.4 is 5.32 Å². The molecule has 1 amide bonds. The number of carbonyl (C=O) groups is 1. The van der Waals surface area contributed by atoms with E-state index in [1.165, 1.54) is 18.7 Å². The molecule has 5 heteroatoms. The van der Waals surface area contributed by atoms with E-state index in [0.29, 0.717) is 18.5 Å². The standard InChI is InChI=1S/C10H10N4O/c11-6-10(2-1-3-10)9(15)14-8-4-12-7-13-5-8/h4-5,7H,1-3H2,(H,14,15). The highest BCUT2D eigenvalue weighted by molar-refractivity contribution is 5.97. The number of aromatic nitrogens is 2. The van der Waals surface area contributed by atoms with E-state index >= 15 is 0 Å². The number of carbonyl (C=O) groups excluding carboxylic acids is 1. The average molecular weight is 202 g/mol. The molecule has 1 saturated carbocycles. The second-order valence-electron chi connectivity index (χ2n) is 3.63. The molecule has 1 aromatic heterocycles. The predicted molar refractivity (Wildman–Crippen MR) is 52.6 cm³/mol. The summed E-state index contributed by atoms with van der Waals surface area (Å²) in [4.78, 5) is 19.3. The van der Waals surface area contributed by atoms with Crippen LogP contribution in [0.25, 0.3) is 0 Å². The monoisotopic (exact) mass is 202 g/mol. The largest absolute Gasteiger partial charge is 0.322 e. The molecule has 5 nitrogen and oxygen atoms in total. The molecule has 0 atom stereocenters. The van der Waals surface area contributed by atoms with Gasteiger partial charge in [0.25, 0.3) is 0 Å². The van der Waals surface area contributed by atoms with Crippen molar-refractivity contribution in [3.8, 4) is 6.07 Å². The van der Waals surface area contributed by atoms with Gasteiger partial charge in [-0.2, -0.15) is 5.26 Å². The third-order valence-corrected chi connectivity index (χ3v) is 2.67. The molecule has 1 aliphatic carbocycles. The number of hydrogen-bond acceptors (Lipinski definition) is 4. The molecule has 0 radical (unpaired) electrons. The van der Waals surface area contributed by atoms with E-state index in [9.17, 15) is 4.79 Å². The molecule has 0 saturated heterocycles. The quantitative estimate of drug-likeness (QED) is 0.779. The van der Waals surface area contributed by atoms with Gasteiger partial charge in [-0.25, -0.2) is 9.97 Å². The van der Waals surface area contributed by atoms with E-state index in [-0.39, 0.29) is 5.91 Å². The Bertz CT molecular complexity index is 405. The van der Waals surface area contributed by atoms with Crippen molar-refractivity contribution in [2.45, 2.75) is 19.3 Å². The van der Waals surface area contributed by atoms with Gasteiger partial charge in [-0.15, -0.1) is 0 Å². The second-order valence-corrected chi connectivity index (χ2v) is 3.63. The summed E-state index contributed by atoms with van der Waals surface area (Å²) < 4.78 is 0. The van der Waals surface area contributed by atoms with Crippen molar-refractivity contribution in [1.82, 2.24) is 9.97 Å². The normalized spacial score (nSPS) is 17.3. The van der Waals surface area contributed by atoms with E-state index in [2.05, 4.69) is 21.4 Å². The van der Waals surface area contributed by atoms with Gasteiger partial charge >= 0.3 is 0 Å². The van der Waals surface area contributed by atoms with E-state index in [1.807, 2.05) is 0 Å². The van der Waals surface area contributed by atoms with Crippen LogP contribution in [-0.2, 0) is 4.79 Å². The molecule has 0 aliphatic heterocycles. The van der Waals surface area contributed by atoms with Crippen LogP contribution in [0.15, 0.2) is 18.7 Å². The Kier molecular flexibility index (Phi) is 2.34. The van der Waals surface area contributed by atoms with Crippen LogP contribution in [0.1, 0.15) is 19.3 Å². The minimum Gasteiger partial charge on any atom is -0.322 e. The average Bonchev–Trinajstić information content (AvgIpc) is 2.18. The van der Waals surface area contributed by atoms with Gasteiger partial charge in [0.15, 0.2) is 0 Å². The molecular formula is C10H10N4O. The third kappa shape index (κ3) is 1.66. The lowest BCUT2D eigenvalue weighted by molar-refractivity contribution is -0.126. The molecule has 0 aromatic carbocycles. The summed E-state index contributed by atoms with van der Waals surface area (Å²) in [5.74, 6) is -0.244. The predicted octanol–water partition coefficient (Wildman–Crippen LogP) is 1.11. The number of anilines is 1. The number of rotatable bonds is 2. The molecule has 0 bridgehead atoms. The summed E-state index contributed by atoms with van der Waals surface area (Å²) in [6, 6.07) is 2.08. The van der Waals surface area contributed by atoms with Crippen LogP contribution in [0.3, 0.4) is 0 Å². The molecule has 1 aliphatic rings. The Labute approximate surface area is 87.2 Å². The fraction of sp³-hybridized carbons (Fsp3) is 0.400. The molecule has 0 unspecified atom stereocenters. The van der Waals surface area contributed by atoms with Crippen LogP contribution in [0.5, 0.6) is 0 Å². The highest BCUT2D eigenvalue weighted by Crippen LogP contribution is 2.40. The minimum absolute atomic E-state index is 0.244. The molecule has 15 heavy (non-hydrogen) atoms. The first-order chi connectivity index (χ1) is 7.27. The van der Waals surface area contributed by atoms with Gasteiger partial charge in [0.1, 0.15) is 11.7 Å². The molecule has 1 heterocycles. The van der Waals surface area contributed by atoms with Crippen molar-refractivity contribution in [2.24, 2.45) is 5.41 Å². The number of nitrogens with zero attached hydrogens (tertiary/aromatic N) is 3. The Morgan fingerprint density at radius 2 is 2.13 bits per heavy atom. The number of hydrogen-bond donors (Lipinski definition) is 1. The van der Waals surface area contributed by atoms with Crippen molar-refractivity contribution in [1.29, 1.82) is 5.26 Å². The first-order valence-corrected chi connectivity index (χ1v) is 4.74. The molecular weight excluding hydrogens is 192 g/mol. The summed E-state index contributed by atoms with van der Waals surface area (Å²) >= 11 is 0. The fourth-order valence-electron chi connectivity index (χ4n) is 1.53. The van der Waals surface area contributed by atoms with Crippen molar-refractivity contribution in [3.63, 3.8) is 0 Å². The first-order valence-electron chi connectivity index (χ1n) is 4.74. The van der Waals surface area contributed by atoms with Crippen LogP contribution in [0, 0.1) is 16.7 Å². The molecule has 0 spiro atoms. The zero-order chi connectivity index (χ0) is 10.7. The highest BCUT2D eigenvalue weighted by atomic mass is 16.2. The van der Waals surface area contributed by atoms with Crippen LogP contribution in [-0.4, -0.2) is 15.9 Å². The maximum atomic E-state index is 11.8. The zero-order valence-corrected chi connectivity index (χ0v) is 8.10. The Morgan fingerprint density at radius 1 is 1.47 bits per heavy atom. The van der Waals surface area contributed by atoms with Gasteiger partial charge in [-0.1, -0.05) is 0 Å². The van der Waals surface area contributed by atoms with Crippen LogP contribution in [0.4, 0.5) is 5.69 Å². The molecule has 1 fully saturated rings. The molecule has 2 rings (SSSR count). The molecule has 76 valence electrons. The topological polar surface area (TPSA) is 78.7 Å². The lowest BCUT2D eigenvalue weighted by atomic mass is 9.69. The summed E-state index contributed by atoms with van der Waals surface area (Å²) in [7, 11) is 0. The van der Waals surface area contributed by atoms with E-state index in [4.69, 9.17) is 5.26 Å². The Hall–Kier alpha value is -1.96. The summed E-state index contributed by atoms with van der Waals surface area (Å²) in [5.41, 5.74) is -0.292. The Balaban J connectivity index is 2.08. The van der Waals surface area contributed by atoms with Crippen molar-refractivity contribution in [3.05, 3.63) is 18.7 Å². The lowest BCUT2D eigenvalue weighted by Crippen LogP contribution is -2.40. The molecule has 1 N–H and O–H groups in total. The van der Waals surface area contributed by atoms with Crippen molar-refractivity contribution < 1.29 is 4.79 Å². The van der Waals surface area contributed by atoms with E-state index in [0.717, 1.165) is 6.42 Å². The maximum Gasteiger partial charge on any atom is 0.244 e. The molecule has 1 aromatic rings. The SMILES string of the molecule is N#CC1(C(=O)Nc2cncnc2)CCC1. The van der Waals surface area contributed by atoms with Crippen LogP contribution in [0.2, 0.25) is 0 Å². The van der Waals surface area contributed by atoms with Gasteiger partial charge in [-0.3, -0.25) is 4.79 Å². The third-order valence-electron chi connectivity index (χ3n) is 2.67. The van der Waals surface area contributed by atoms with Crippen molar-refractivity contribution in [2.75, 3.05) is 5.32 Å². The summed E-state index contributed by atoms with van der Waals surface area (Å²) in [5, 5.41) is 11.6. The fourth-order valence-corrected chi connectivity index (χ4v) is 1.53. The van der Waals surface area contributed by atoms with Crippen LogP contribution >= 0.6 is 0 Å². The first kappa shape index (κ1) is 9.59. The zero-order valence-electron chi connectivity index (χ0n) is 8.10. The van der Waals surface area contributed by atoms with Gasteiger partial charge in [0.05, 0.1) is 24.2 Å². The van der Waals surface area contributed by atoms with E-state index in [1.54, 1.807) is 0 Å². The van der Waals surface area contributed by atoms with Crippen molar-refractivity contribution >= 4 is 11.6 Å². The summed E-state index contributed by atoms with van der Waals surface area (Å²) in [6.45, 7) is 0. The van der Waals surface area contributed by atoms with E-state index < -0.39 is 5.41 Å². The second kappa shape index (κ2) is 3.65. The number of nitrogens with one attached hydrogen (secondary N) is 1. The Morgan fingerprint density at radius 3 is 2.60 bits per heavy atom. The lowest BCUT2D eigenvalue weighted by Gasteiger charge is -2.33. The summed E-state index contributed by atoms with van der Waals surface area (Å²) in [6.07, 6.45) is 6.63. The highest BCUT2D eigenvalue weighted by Gasteiger charge is 2.44. The van der Waals surface area contributed by atoms with Gasteiger partial charge in [0, 0.05) is 0 Å². The number of amides is 1.